The first-order valence-corrected chi connectivity index (χ1v) is 8.49. The van der Waals surface area contributed by atoms with E-state index in [9.17, 15) is 13.2 Å². The minimum Gasteiger partial charge on any atom is -0.469 e. The molecule has 1 aromatic rings. The Morgan fingerprint density at radius 2 is 1.86 bits per heavy atom. The lowest BCUT2D eigenvalue weighted by atomic mass is 10.1. The van der Waals surface area contributed by atoms with Crippen LogP contribution in [0.15, 0.2) is 29.2 Å². The number of carbonyl (C=O) groups excluding carboxylic acids is 1. The summed E-state index contributed by atoms with van der Waals surface area (Å²) in [6, 6.07) is 6.26. The number of hydrogen-bond donors (Lipinski definition) is 1. The molecule has 1 aromatic carbocycles. The molecule has 0 atom stereocenters. The van der Waals surface area contributed by atoms with Crippen LogP contribution < -0.4 is 4.72 Å². The molecule has 0 aliphatic rings. The van der Waals surface area contributed by atoms with E-state index in [4.69, 9.17) is 0 Å². The molecule has 0 spiro atoms. The highest BCUT2D eigenvalue weighted by molar-refractivity contribution is 7.89. The fourth-order valence-electron chi connectivity index (χ4n) is 1.83. The third kappa shape index (κ3) is 6.27. The maximum Gasteiger partial charge on any atom is 0.309 e. The van der Waals surface area contributed by atoms with Crippen LogP contribution in [-0.4, -0.2) is 28.0 Å². The van der Waals surface area contributed by atoms with Gasteiger partial charge in [-0.15, -0.1) is 0 Å². The van der Waals surface area contributed by atoms with Crippen LogP contribution in [0.1, 0.15) is 32.3 Å². The van der Waals surface area contributed by atoms with Crippen molar-refractivity contribution < 1.29 is 17.9 Å². The van der Waals surface area contributed by atoms with E-state index in [1.165, 1.54) is 19.2 Å². The summed E-state index contributed by atoms with van der Waals surface area (Å²) in [5, 5.41) is 0. The Bertz CT molecular complexity index is 550. The first kappa shape index (κ1) is 17.7. The van der Waals surface area contributed by atoms with Crippen molar-refractivity contribution in [3.05, 3.63) is 29.8 Å². The highest BCUT2D eigenvalue weighted by Gasteiger charge is 2.13. The largest absolute Gasteiger partial charge is 0.469 e. The van der Waals surface area contributed by atoms with Crippen molar-refractivity contribution in [2.45, 2.75) is 38.0 Å². The number of ether oxygens (including phenoxy) is 1. The molecule has 1 rings (SSSR count). The molecule has 118 valence electrons. The van der Waals surface area contributed by atoms with Crippen LogP contribution in [0, 0.1) is 5.92 Å². The molecule has 0 saturated carbocycles. The first-order chi connectivity index (χ1) is 9.85. The van der Waals surface area contributed by atoms with Gasteiger partial charge in [0.25, 0.3) is 0 Å². The second-order valence-corrected chi connectivity index (χ2v) is 7.10. The van der Waals surface area contributed by atoms with Gasteiger partial charge in [0.05, 0.1) is 18.4 Å². The third-order valence-corrected chi connectivity index (χ3v) is 4.54. The molecule has 0 fully saturated rings. The van der Waals surface area contributed by atoms with E-state index in [0.29, 0.717) is 12.5 Å². The number of rotatable bonds is 8. The van der Waals surface area contributed by atoms with Crippen LogP contribution in [0.2, 0.25) is 0 Å². The summed E-state index contributed by atoms with van der Waals surface area (Å²) in [5.41, 5.74) is 0.723. The Morgan fingerprint density at radius 3 is 2.38 bits per heavy atom. The number of esters is 1. The zero-order chi connectivity index (χ0) is 15.9. The highest BCUT2D eigenvalue weighted by atomic mass is 32.2. The zero-order valence-electron chi connectivity index (χ0n) is 12.8. The summed E-state index contributed by atoms with van der Waals surface area (Å²) in [5.74, 6) is 0.213. The average molecular weight is 313 g/mol. The van der Waals surface area contributed by atoms with Gasteiger partial charge in [-0.1, -0.05) is 26.0 Å². The smallest absolute Gasteiger partial charge is 0.309 e. The molecule has 6 heteroatoms. The van der Waals surface area contributed by atoms with Crippen molar-refractivity contribution in [3.63, 3.8) is 0 Å². The van der Waals surface area contributed by atoms with Crippen molar-refractivity contribution >= 4 is 16.0 Å². The van der Waals surface area contributed by atoms with Crippen molar-refractivity contribution in [1.82, 2.24) is 4.72 Å². The van der Waals surface area contributed by atoms with Crippen molar-refractivity contribution in [1.29, 1.82) is 0 Å². The van der Waals surface area contributed by atoms with Gasteiger partial charge in [-0.3, -0.25) is 4.79 Å². The summed E-state index contributed by atoms with van der Waals surface area (Å²) >= 11 is 0. The van der Waals surface area contributed by atoms with E-state index >= 15 is 0 Å². The van der Waals surface area contributed by atoms with Gasteiger partial charge < -0.3 is 4.74 Å². The fraction of sp³-hybridized carbons (Fsp3) is 0.533. The predicted molar refractivity (Wildman–Crippen MR) is 81.4 cm³/mol. The molecule has 0 amide bonds. The van der Waals surface area contributed by atoms with Crippen molar-refractivity contribution in [3.8, 4) is 0 Å². The predicted octanol–water partition coefficient (Wildman–Crippen LogP) is 2.12. The first-order valence-electron chi connectivity index (χ1n) is 7.00. The van der Waals surface area contributed by atoms with E-state index in [1.807, 2.05) is 0 Å². The Morgan fingerprint density at radius 1 is 1.24 bits per heavy atom. The Labute approximate surface area is 126 Å². The Balaban J connectivity index is 2.60. The minimum absolute atomic E-state index is 0.138. The van der Waals surface area contributed by atoms with Gasteiger partial charge in [0.2, 0.25) is 10.0 Å². The normalized spacial score (nSPS) is 11.6. The lowest BCUT2D eigenvalue weighted by Gasteiger charge is -2.08. The standard InChI is InChI=1S/C15H23NO4S/c1-12(2)5-4-10-16-21(18,19)14-8-6-13(7-9-14)11-15(17)20-3/h6-9,12,16H,4-5,10-11H2,1-3H3. The molecule has 0 heterocycles. The molecule has 0 aromatic heterocycles. The van der Waals surface area contributed by atoms with Crippen LogP contribution in [0.5, 0.6) is 0 Å². The highest BCUT2D eigenvalue weighted by Crippen LogP contribution is 2.12. The zero-order valence-corrected chi connectivity index (χ0v) is 13.6. The van der Waals surface area contributed by atoms with Crippen molar-refractivity contribution in [2.75, 3.05) is 13.7 Å². The summed E-state index contributed by atoms with van der Waals surface area (Å²) in [4.78, 5) is 11.3. The number of methoxy groups -OCH3 is 1. The van der Waals surface area contributed by atoms with Gasteiger partial charge in [0.15, 0.2) is 0 Å². The number of benzene rings is 1. The maximum atomic E-state index is 12.1. The lowest BCUT2D eigenvalue weighted by Crippen LogP contribution is -2.25. The van der Waals surface area contributed by atoms with Gasteiger partial charge in [-0.05, 0) is 36.5 Å². The third-order valence-electron chi connectivity index (χ3n) is 3.06. The van der Waals surface area contributed by atoms with Gasteiger partial charge in [0, 0.05) is 6.54 Å². The van der Waals surface area contributed by atoms with Gasteiger partial charge in [0.1, 0.15) is 0 Å². The van der Waals surface area contributed by atoms with E-state index in [2.05, 4.69) is 23.3 Å². The lowest BCUT2D eigenvalue weighted by molar-refractivity contribution is -0.139. The molecule has 0 bridgehead atoms. The molecular weight excluding hydrogens is 290 g/mol. The number of nitrogens with one attached hydrogen (secondary N) is 1. The maximum absolute atomic E-state index is 12.1. The van der Waals surface area contributed by atoms with E-state index in [0.717, 1.165) is 18.4 Å². The number of sulfonamides is 1. The van der Waals surface area contributed by atoms with Gasteiger partial charge >= 0.3 is 5.97 Å². The van der Waals surface area contributed by atoms with Crippen LogP contribution in [0.25, 0.3) is 0 Å². The molecular formula is C15H23NO4S. The van der Waals surface area contributed by atoms with Crippen LogP contribution in [0.3, 0.4) is 0 Å². The second-order valence-electron chi connectivity index (χ2n) is 5.33. The van der Waals surface area contributed by atoms with Crippen LogP contribution >= 0.6 is 0 Å². The summed E-state index contributed by atoms with van der Waals surface area (Å²) < 4.78 is 31.3. The Hall–Kier alpha value is -1.40. The summed E-state index contributed by atoms with van der Waals surface area (Å²) in [7, 11) is -2.15. The SMILES string of the molecule is COC(=O)Cc1ccc(S(=O)(=O)NCCCC(C)C)cc1. The molecule has 5 nitrogen and oxygen atoms in total. The summed E-state index contributed by atoms with van der Waals surface area (Å²) in [6.07, 6.45) is 1.94. The topological polar surface area (TPSA) is 72.5 Å². The molecule has 0 saturated heterocycles. The number of carbonyl (C=O) groups is 1. The molecule has 1 N–H and O–H groups in total. The Kier molecular flexibility index (Phi) is 6.84. The van der Waals surface area contributed by atoms with Gasteiger partial charge in [-0.2, -0.15) is 0 Å². The van der Waals surface area contributed by atoms with E-state index < -0.39 is 10.0 Å². The molecule has 0 aliphatic carbocycles. The van der Waals surface area contributed by atoms with Crippen molar-refractivity contribution in [2.24, 2.45) is 5.92 Å². The summed E-state index contributed by atoms with van der Waals surface area (Å²) in [6.45, 7) is 4.65. The van der Waals surface area contributed by atoms with Crippen LogP contribution in [-0.2, 0) is 26.0 Å². The molecule has 21 heavy (non-hydrogen) atoms. The quantitative estimate of drug-likeness (QED) is 0.589. The molecule has 0 radical (unpaired) electrons. The second kappa shape index (κ2) is 8.14. The molecule has 0 aliphatic heterocycles. The minimum atomic E-state index is -3.48. The van der Waals surface area contributed by atoms with Gasteiger partial charge in [-0.25, -0.2) is 13.1 Å². The molecule has 0 unspecified atom stereocenters. The number of hydrogen-bond acceptors (Lipinski definition) is 4. The van der Waals surface area contributed by atoms with E-state index in [-0.39, 0.29) is 17.3 Å². The fourth-order valence-corrected chi connectivity index (χ4v) is 2.90. The monoisotopic (exact) mass is 313 g/mol. The average Bonchev–Trinajstić information content (AvgIpc) is 2.44. The van der Waals surface area contributed by atoms with Crippen LogP contribution in [0.4, 0.5) is 0 Å². The van der Waals surface area contributed by atoms with E-state index in [1.54, 1.807) is 12.1 Å².